The van der Waals surface area contributed by atoms with E-state index in [4.69, 9.17) is 17.0 Å². The minimum atomic E-state index is 0.614. The zero-order chi connectivity index (χ0) is 10.6. The van der Waals surface area contributed by atoms with E-state index in [9.17, 15) is 0 Å². The van der Waals surface area contributed by atoms with Crippen LogP contribution in [0.1, 0.15) is 6.42 Å². The molecule has 0 aromatic carbocycles. The molecule has 5 heteroatoms. The first-order chi connectivity index (χ1) is 6.61. The molecule has 0 aliphatic carbocycles. The minimum absolute atomic E-state index is 0.614. The van der Waals surface area contributed by atoms with E-state index in [1.165, 1.54) is 0 Å². The molecule has 0 bridgehead atoms. The third-order valence-electron chi connectivity index (χ3n) is 2.16. The lowest BCUT2D eigenvalue weighted by atomic mass is 10.4. The average molecular weight is 217 g/mol. The Kier molecular flexibility index (Phi) is 4.57. The zero-order valence-electron chi connectivity index (χ0n) is 9.19. The molecule has 0 aromatic rings. The highest BCUT2D eigenvalue weighted by Crippen LogP contribution is 2.05. The fourth-order valence-electron chi connectivity index (χ4n) is 1.38. The molecule has 1 saturated heterocycles. The second-order valence-electron chi connectivity index (χ2n) is 3.86. The van der Waals surface area contributed by atoms with Crippen LogP contribution in [0.4, 0.5) is 0 Å². The first-order valence-electron chi connectivity index (χ1n) is 4.84. The third-order valence-corrected chi connectivity index (χ3v) is 2.73. The first kappa shape index (κ1) is 11.7. The van der Waals surface area contributed by atoms with Crippen LogP contribution in [0.3, 0.4) is 0 Å². The first-order valence-corrected chi connectivity index (χ1v) is 5.24. The lowest BCUT2D eigenvalue weighted by Crippen LogP contribution is -2.48. The molecule has 82 valence electrons. The maximum Gasteiger partial charge on any atom is 0.174 e. The molecule has 4 nitrogen and oxygen atoms in total. The van der Waals surface area contributed by atoms with E-state index in [1.54, 1.807) is 0 Å². The number of thiocarbonyl (C=S) groups is 1. The van der Waals surface area contributed by atoms with Crippen molar-refractivity contribution in [3.8, 4) is 0 Å². The number of ether oxygens (including phenoxy) is 1. The van der Waals surface area contributed by atoms with Gasteiger partial charge in [-0.3, -0.25) is 0 Å². The van der Waals surface area contributed by atoms with Crippen LogP contribution in [0.5, 0.6) is 0 Å². The molecule has 0 radical (unpaired) electrons. The lowest BCUT2D eigenvalue weighted by Gasteiger charge is -2.36. The van der Waals surface area contributed by atoms with E-state index >= 15 is 0 Å². The molecule has 1 aliphatic rings. The number of nitrogens with zero attached hydrogens (tertiary/aromatic N) is 3. The Labute approximate surface area is 91.4 Å². The highest BCUT2D eigenvalue weighted by molar-refractivity contribution is 7.80. The fraction of sp³-hybridized carbons (Fsp3) is 0.889. The van der Waals surface area contributed by atoms with Gasteiger partial charge in [-0.25, -0.2) is 0 Å². The molecule has 0 spiro atoms. The normalized spacial score (nSPS) is 18.1. The standard InChI is InChI=1S/C9H19N3OS/c1-10(2)5-4-6-12-8-13-7-11(3)9(12)14/h4-8H2,1-3H3. The summed E-state index contributed by atoms with van der Waals surface area (Å²) in [5, 5.41) is 0.898. The quantitative estimate of drug-likeness (QED) is 0.633. The van der Waals surface area contributed by atoms with Crippen molar-refractivity contribution < 1.29 is 4.74 Å². The van der Waals surface area contributed by atoms with Crippen molar-refractivity contribution in [2.45, 2.75) is 6.42 Å². The van der Waals surface area contributed by atoms with Crippen LogP contribution in [0.2, 0.25) is 0 Å². The summed E-state index contributed by atoms with van der Waals surface area (Å²) in [5.41, 5.74) is 0. The summed E-state index contributed by atoms with van der Waals surface area (Å²) in [7, 11) is 6.12. The van der Waals surface area contributed by atoms with Gasteiger partial charge in [0, 0.05) is 13.6 Å². The van der Waals surface area contributed by atoms with Crippen LogP contribution >= 0.6 is 12.2 Å². The summed E-state index contributed by atoms with van der Waals surface area (Å²) in [6, 6.07) is 0. The van der Waals surface area contributed by atoms with Gasteiger partial charge in [0.15, 0.2) is 5.11 Å². The molecule has 0 aromatic heterocycles. The Bertz CT molecular complexity index is 198. The zero-order valence-corrected chi connectivity index (χ0v) is 10.0. The van der Waals surface area contributed by atoms with E-state index in [0.29, 0.717) is 13.5 Å². The second kappa shape index (κ2) is 5.48. The topological polar surface area (TPSA) is 19.0 Å². The van der Waals surface area contributed by atoms with E-state index in [0.717, 1.165) is 24.6 Å². The summed E-state index contributed by atoms with van der Waals surface area (Å²) >= 11 is 5.29. The Balaban J connectivity index is 2.25. The SMILES string of the molecule is CN(C)CCCN1COCN(C)C1=S. The Morgan fingerprint density at radius 3 is 2.79 bits per heavy atom. The van der Waals surface area contributed by atoms with Crippen molar-refractivity contribution in [3.05, 3.63) is 0 Å². The molecular formula is C9H19N3OS. The van der Waals surface area contributed by atoms with Crippen molar-refractivity contribution >= 4 is 17.3 Å². The van der Waals surface area contributed by atoms with Gasteiger partial charge in [0.25, 0.3) is 0 Å². The predicted octanol–water partition coefficient (Wildman–Crippen LogP) is 0.402. The molecule has 1 aliphatic heterocycles. The summed E-state index contributed by atoms with van der Waals surface area (Å²) in [4.78, 5) is 6.23. The predicted molar refractivity (Wildman–Crippen MR) is 61.1 cm³/mol. The fourth-order valence-corrected chi connectivity index (χ4v) is 1.57. The van der Waals surface area contributed by atoms with Crippen LogP contribution < -0.4 is 0 Å². The molecule has 14 heavy (non-hydrogen) atoms. The van der Waals surface area contributed by atoms with Gasteiger partial charge >= 0.3 is 0 Å². The number of hydrogen-bond acceptors (Lipinski definition) is 3. The Morgan fingerprint density at radius 1 is 1.43 bits per heavy atom. The smallest absolute Gasteiger partial charge is 0.174 e. The van der Waals surface area contributed by atoms with Crippen LogP contribution in [0.25, 0.3) is 0 Å². The van der Waals surface area contributed by atoms with Crippen molar-refractivity contribution in [1.82, 2.24) is 14.7 Å². The van der Waals surface area contributed by atoms with Crippen LogP contribution in [-0.2, 0) is 4.74 Å². The molecule has 1 fully saturated rings. The van der Waals surface area contributed by atoms with Gasteiger partial charge in [-0.1, -0.05) is 0 Å². The molecule has 0 unspecified atom stereocenters. The maximum absolute atomic E-state index is 5.37. The number of hydrogen-bond donors (Lipinski definition) is 0. The van der Waals surface area contributed by atoms with Gasteiger partial charge in [-0.15, -0.1) is 0 Å². The van der Waals surface area contributed by atoms with E-state index in [1.807, 2.05) is 11.9 Å². The Hall–Kier alpha value is -0.390. The third kappa shape index (κ3) is 3.40. The average Bonchev–Trinajstić information content (AvgIpc) is 2.12. The van der Waals surface area contributed by atoms with Crippen LogP contribution in [-0.4, -0.2) is 67.5 Å². The van der Waals surface area contributed by atoms with E-state index < -0.39 is 0 Å². The lowest BCUT2D eigenvalue weighted by molar-refractivity contribution is -0.0153. The minimum Gasteiger partial charge on any atom is -0.341 e. The molecule has 0 saturated carbocycles. The van der Waals surface area contributed by atoms with Gasteiger partial charge in [0.05, 0.1) is 0 Å². The van der Waals surface area contributed by atoms with E-state index in [-0.39, 0.29) is 0 Å². The molecule has 1 rings (SSSR count). The summed E-state index contributed by atoms with van der Waals surface area (Å²) in [6.45, 7) is 3.31. The second-order valence-corrected chi connectivity index (χ2v) is 4.23. The summed E-state index contributed by atoms with van der Waals surface area (Å²) in [5.74, 6) is 0. The summed E-state index contributed by atoms with van der Waals surface area (Å²) in [6.07, 6.45) is 1.12. The molecular weight excluding hydrogens is 198 g/mol. The van der Waals surface area contributed by atoms with Crippen molar-refractivity contribution in [2.75, 3.05) is 47.7 Å². The monoisotopic (exact) mass is 217 g/mol. The largest absolute Gasteiger partial charge is 0.341 e. The van der Waals surface area contributed by atoms with Crippen molar-refractivity contribution in [3.63, 3.8) is 0 Å². The molecule has 0 N–H and O–H groups in total. The van der Waals surface area contributed by atoms with Gasteiger partial charge < -0.3 is 19.4 Å². The highest BCUT2D eigenvalue weighted by Gasteiger charge is 2.18. The van der Waals surface area contributed by atoms with Gasteiger partial charge in [-0.2, -0.15) is 0 Å². The maximum atomic E-state index is 5.37. The van der Waals surface area contributed by atoms with Gasteiger partial charge in [0.2, 0.25) is 0 Å². The molecule has 0 atom stereocenters. The Morgan fingerprint density at radius 2 is 2.14 bits per heavy atom. The summed E-state index contributed by atoms with van der Waals surface area (Å²) < 4.78 is 5.37. The van der Waals surface area contributed by atoms with Gasteiger partial charge in [-0.05, 0) is 39.3 Å². The van der Waals surface area contributed by atoms with Crippen molar-refractivity contribution in [1.29, 1.82) is 0 Å². The van der Waals surface area contributed by atoms with Crippen LogP contribution in [0, 0.1) is 0 Å². The number of rotatable bonds is 4. The van der Waals surface area contributed by atoms with E-state index in [2.05, 4.69) is 23.9 Å². The van der Waals surface area contributed by atoms with Crippen molar-refractivity contribution in [2.24, 2.45) is 0 Å². The molecule has 0 amide bonds. The molecule has 1 heterocycles. The highest BCUT2D eigenvalue weighted by atomic mass is 32.1. The van der Waals surface area contributed by atoms with Crippen LogP contribution in [0.15, 0.2) is 0 Å². The van der Waals surface area contributed by atoms with Gasteiger partial charge in [0.1, 0.15) is 13.5 Å².